The van der Waals surface area contributed by atoms with Gasteiger partial charge in [0.05, 0.1) is 7.11 Å². The molecule has 0 amide bonds. The van der Waals surface area contributed by atoms with Crippen LogP contribution in [0, 0.1) is 0 Å². The van der Waals surface area contributed by atoms with Gasteiger partial charge in [-0.1, -0.05) is 52.4 Å². The normalized spacial score (nSPS) is 12.6. The molecule has 0 radical (unpaired) electrons. The number of ether oxygens (including phenoxy) is 1. The molecule has 1 unspecified atom stereocenters. The first-order chi connectivity index (χ1) is 8.83. The third-order valence-electron chi connectivity index (χ3n) is 3.63. The summed E-state index contributed by atoms with van der Waals surface area (Å²) < 4.78 is 5.48. The van der Waals surface area contributed by atoms with E-state index in [4.69, 9.17) is 4.74 Å². The summed E-state index contributed by atoms with van der Waals surface area (Å²) >= 11 is 1.77. The van der Waals surface area contributed by atoms with E-state index in [1.165, 1.54) is 56.9 Å². The highest BCUT2D eigenvalue weighted by Gasteiger charge is 2.16. The van der Waals surface area contributed by atoms with Crippen molar-refractivity contribution in [3.63, 3.8) is 0 Å². The van der Waals surface area contributed by atoms with E-state index in [-0.39, 0.29) is 0 Å². The molecule has 0 aliphatic carbocycles. The van der Waals surface area contributed by atoms with Gasteiger partial charge in [-0.15, -0.1) is 11.3 Å². The van der Waals surface area contributed by atoms with Crippen molar-refractivity contribution in [3.8, 4) is 5.75 Å². The Balaban J connectivity index is 2.54. The van der Waals surface area contributed by atoms with Crippen molar-refractivity contribution in [3.05, 3.63) is 16.3 Å². The van der Waals surface area contributed by atoms with Crippen molar-refractivity contribution in [1.82, 2.24) is 0 Å². The van der Waals surface area contributed by atoms with Crippen molar-refractivity contribution in [1.29, 1.82) is 0 Å². The molecule has 0 saturated carbocycles. The van der Waals surface area contributed by atoms with Crippen molar-refractivity contribution in [2.24, 2.45) is 0 Å². The van der Waals surface area contributed by atoms with Crippen LogP contribution in [0.5, 0.6) is 5.75 Å². The third kappa shape index (κ3) is 5.01. The van der Waals surface area contributed by atoms with E-state index in [9.17, 15) is 0 Å². The summed E-state index contributed by atoms with van der Waals surface area (Å²) in [5.74, 6) is 1.82. The molecular weight excluding hydrogens is 240 g/mol. The number of unbranched alkanes of at least 4 members (excludes halogenated alkanes) is 4. The molecule has 0 spiro atoms. The number of rotatable bonds is 10. The Morgan fingerprint density at radius 1 is 1.00 bits per heavy atom. The maximum atomic E-state index is 5.48. The highest BCUT2D eigenvalue weighted by molar-refractivity contribution is 7.08. The maximum absolute atomic E-state index is 5.48. The van der Waals surface area contributed by atoms with Crippen LogP contribution < -0.4 is 4.74 Å². The van der Waals surface area contributed by atoms with Gasteiger partial charge in [-0.25, -0.2) is 0 Å². The molecule has 104 valence electrons. The van der Waals surface area contributed by atoms with E-state index in [2.05, 4.69) is 24.6 Å². The summed E-state index contributed by atoms with van der Waals surface area (Å²) in [5.41, 5.74) is 1.45. The van der Waals surface area contributed by atoms with Crippen molar-refractivity contribution in [2.45, 2.75) is 71.1 Å². The van der Waals surface area contributed by atoms with E-state index in [1.54, 1.807) is 18.4 Å². The highest BCUT2D eigenvalue weighted by atomic mass is 32.1. The number of hydrogen-bond donors (Lipinski definition) is 0. The fourth-order valence-electron chi connectivity index (χ4n) is 2.48. The van der Waals surface area contributed by atoms with Crippen LogP contribution >= 0.6 is 11.3 Å². The second-order valence-corrected chi connectivity index (χ2v) is 5.83. The van der Waals surface area contributed by atoms with Gasteiger partial charge in [-0.3, -0.25) is 0 Å². The van der Waals surface area contributed by atoms with Crippen molar-refractivity contribution in [2.75, 3.05) is 7.11 Å². The largest absolute Gasteiger partial charge is 0.496 e. The van der Waals surface area contributed by atoms with E-state index in [1.807, 2.05) is 0 Å². The number of thiophene rings is 1. The lowest BCUT2D eigenvalue weighted by Gasteiger charge is -2.17. The molecule has 1 aromatic rings. The molecule has 0 aliphatic heterocycles. The summed E-state index contributed by atoms with van der Waals surface area (Å²) in [6, 6.07) is 0. The first kappa shape index (κ1) is 15.6. The minimum absolute atomic E-state index is 0.711. The van der Waals surface area contributed by atoms with Crippen LogP contribution in [-0.4, -0.2) is 7.11 Å². The van der Waals surface area contributed by atoms with Gasteiger partial charge in [0, 0.05) is 10.9 Å². The standard InChI is InChI=1S/C16H28OS/c1-4-6-8-9-11-14(10-7-5-2)15-12-18-13-16(15)17-3/h12-14H,4-11H2,1-3H3. The Bertz CT molecular complexity index is 306. The van der Waals surface area contributed by atoms with Crippen LogP contribution in [0.3, 0.4) is 0 Å². The van der Waals surface area contributed by atoms with Crippen LogP contribution in [-0.2, 0) is 0 Å². The lowest BCUT2D eigenvalue weighted by molar-refractivity contribution is 0.401. The van der Waals surface area contributed by atoms with Gasteiger partial charge in [0.15, 0.2) is 0 Å². The van der Waals surface area contributed by atoms with E-state index in [0.29, 0.717) is 5.92 Å². The second-order valence-electron chi connectivity index (χ2n) is 5.08. The van der Waals surface area contributed by atoms with Gasteiger partial charge in [0.1, 0.15) is 5.75 Å². The molecule has 18 heavy (non-hydrogen) atoms. The van der Waals surface area contributed by atoms with Crippen LogP contribution in [0.4, 0.5) is 0 Å². The molecule has 0 saturated heterocycles. The van der Waals surface area contributed by atoms with Gasteiger partial charge in [0.25, 0.3) is 0 Å². The molecule has 0 bridgehead atoms. The van der Waals surface area contributed by atoms with Crippen molar-refractivity contribution < 1.29 is 4.74 Å². The lowest BCUT2D eigenvalue weighted by atomic mass is 9.90. The summed E-state index contributed by atoms with van der Waals surface area (Å²) in [6.07, 6.45) is 10.7. The van der Waals surface area contributed by atoms with Crippen LogP contribution in [0.25, 0.3) is 0 Å². The van der Waals surface area contributed by atoms with E-state index in [0.717, 1.165) is 5.75 Å². The van der Waals surface area contributed by atoms with Gasteiger partial charge in [-0.2, -0.15) is 0 Å². The molecule has 0 aliphatic rings. The minimum atomic E-state index is 0.711. The minimum Gasteiger partial charge on any atom is -0.496 e. The van der Waals surface area contributed by atoms with Crippen LogP contribution in [0.15, 0.2) is 10.8 Å². The molecule has 0 aromatic carbocycles. The van der Waals surface area contributed by atoms with E-state index < -0.39 is 0 Å². The zero-order chi connectivity index (χ0) is 13.2. The first-order valence-corrected chi connectivity index (χ1v) is 8.37. The zero-order valence-electron chi connectivity index (χ0n) is 12.2. The maximum Gasteiger partial charge on any atom is 0.132 e. The number of hydrogen-bond acceptors (Lipinski definition) is 2. The van der Waals surface area contributed by atoms with Crippen molar-refractivity contribution >= 4 is 11.3 Å². The quantitative estimate of drug-likeness (QED) is 0.473. The highest BCUT2D eigenvalue weighted by Crippen LogP contribution is 2.36. The SMILES string of the molecule is CCCCCCC(CCCC)c1cscc1OC. The predicted molar refractivity (Wildman–Crippen MR) is 81.9 cm³/mol. The first-order valence-electron chi connectivity index (χ1n) is 7.43. The topological polar surface area (TPSA) is 9.23 Å². The molecule has 1 atom stereocenters. The fraction of sp³-hybridized carbons (Fsp3) is 0.750. The second kappa shape index (κ2) is 9.43. The third-order valence-corrected chi connectivity index (χ3v) is 4.37. The summed E-state index contributed by atoms with van der Waals surface area (Å²) in [5, 5.41) is 4.43. The molecule has 1 nitrogen and oxygen atoms in total. The average Bonchev–Trinajstić information content (AvgIpc) is 2.86. The molecule has 0 N–H and O–H groups in total. The Hall–Kier alpha value is -0.500. The average molecular weight is 268 g/mol. The number of methoxy groups -OCH3 is 1. The summed E-state index contributed by atoms with van der Waals surface area (Å²) in [7, 11) is 1.79. The Labute approximate surface area is 117 Å². The fourth-order valence-corrected chi connectivity index (χ4v) is 3.36. The molecule has 2 heteroatoms. The van der Waals surface area contributed by atoms with Gasteiger partial charge >= 0.3 is 0 Å². The Kier molecular flexibility index (Phi) is 8.15. The molecule has 0 fully saturated rings. The van der Waals surface area contributed by atoms with Gasteiger partial charge in [-0.05, 0) is 24.1 Å². The zero-order valence-corrected chi connectivity index (χ0v) is 13.0. The van der Waals surface area contributed by atoms with E-state index >= 15 is 0 Å². The summed E-state index contributed by atoms with van der Waals surface area (Å²) in [4.78, 5) is 0. The van der Waals surface area contributed by atoms with Gasteiger partial charge < -0.3 is 4.74 Å². The molecule has 1 rings (SSSR count). The van der Waals surface area contributed by atoms with Crippen LogP contribution in [0.1, 0.15) is 76.7 Å². The van der Waals surface area contributed by atoms with Crippen LogP contribution in [0.2, 0.25) is 0 Å². The summed E-state index contributed by atoms with van der Waals surface area (Å²) in [6.45, 7) is 4.55. The predicted octanol–water partition coefficient (Wildman–Crippen LogP) is 6.00. The molecule has 1 aromatic heterocycles. The molecule has 1 heterocycles. The monoisotopic (exact) mass is 268 g/mol. The Morgan fingerprint density at radius 2 is 1.72 bits per heavy atom. The molecular formula is C16H28OS. The smallest absolute Gasteiger partial charge is 0.132 e. The lowest BCUT2D eigenvalue weighted by Crippen LogP contribution is -2.00. The Morgan fingerprint density at radius 3 is 2.39 bits per heavy atom. The van der Waals surface area contributed by atoms with Gasteiger partial charge in [0.2, 0.25) is 0 Å².